The van der Waals surface area contributed by atoms with E-state index in [2.05, 4.69) is 37.1 Å². The van der Waals surface area contributed by atoms with Gasteiger partial charge in [-0.05, 0) is 37.3 Å². The van der Waals surface area contributed by atoms with Crippen LogP contribution < -0.4 is 5.32 Å². The summed E-state index contributed by atoms with van der Waals surface area (Å²) in [6.45, 7) is 8.01. The molecular weight excluding hydrogens is 262 g/mol. The summed E-state index contributed by atoms with van der Waals surface area (Å²) in [7, 11) is 0. The Morgan fingerprint density at radius 2 is 2.10 bits per heavy atom. The van der Waals surface area contributed by atoms with Gasteiger partial charge in [-0.15, -0.1) is 0 Å². The van der Waals surface area contributed by atoms with Gasteiger partial charge in [0.1, 0.15) is 6.07 Å². The van der Waals surface area contributed by atoms with Crippen molar-refractivity contribution in [3.05, 3.63) is 29.8 Å². The van der Waals surface area contributed by atoms with Crippen molar-refractivity contribution in [3.8, 4) is 6.07 Å². The predicted molar refractivity (Wildman–Crippen MR) is 83.8 cm³/mol. The lowest BCUT2D eigenvalue weighted by atomic mass is 9.86. The predicted octanol–water partition coefficient (Wildman–Crippen LogP) is 2.86. The minimum atomic E-state index is -0.0501. The second-order valence-corrected chi connectivity index (χ2v) is 6.19. The second kappa shape index (κ2) is 6.73. The van der Waals surface area contributed by atoms with Gasteiger partial charge in [0.25, 0.3) is 0 Å². The van der Waals surface area contributed by atoms with Crippen LogP contribution in [0.5, 0.6) is 0 Å². The van der Waals surface area contributed by atoms with Crippen LogP contribution in [0.1, 0.15) is 32.8 Å². The number of anilines is 1. The lowest BCUT2D eigenvalue weighted by molar-refractivity contribution is -0.118. The average molecular weight is 285 g/mol. The molecule has 1 aromatic rings. The lowest BCUT2D eigenvalue weighted by Gasteiger charge is -2.40. The van der Waals surface area contributed by atoms with Crippen LogP contribution in [0.4, 0.5) is 5.69 Å². The van der Waals surface area contributed by atoms with Gasteiger partial charge in [-0.2, -0.15) is 5.26 Å². The van der Waals surface area contributed by atoms with Gasteiger partial charge < -0.3 is 5.32 Å². The third-order valence-electron chi connectivity index (χ3n) is 4.39. The molecule has 1 aromatic carbocycles. The smallest absolute Gasteiger partial charge is 0.238 e. The molecule has 1 aliphatic heterocycles. The van der Waals surface area contributed by atoms with Crippen molar-refractivity contribution < 1.29 is 4.79 Å². The van der Waals surface area contributed by atoms with Gasteiger partial charge in [0.15, 0.2) is 0 Å². The maximum absolute atomic E-state index is 12.2. The zero-order valence-electron chi connectivity index (χ0n) is 13.0. The standard InChI is InChI=1S/C17H23N3O/c1-12-8-13(2)14(3)20(10-12)11-17(21)19-16-7-5-4-6-15(16)9-18/h4-7,12-14H,8,10-11H2,1-3H3,(H,19,21). The van der Waals surface area contributed by atoms with Crippen molar-refractivity contribution in [2.45, 2.75) is 33.2 Å². The molecule has 1 fully saturated rings. The molecule has 0 radical (unpaired) electrons. The van der Waals surface area contributed by atoms with Gasteiger partial charge in [-0.3, -0.25) is 9.69 Å². The lowest BCUT2D eigenvalue weighted by Crippen LogP contribution is -2.48. The van der Waals surface area contributed by atoms with Gasteiger partial charge >= 0.3 is 0 Å². The van der Waals surface area contributed by atoms with Gasteiger partial charge in [-0.25, -0.2) is 0 Å². The first-order chi connectivity index (χ1) is 10.0. The van der Waals surface area contributed by atoms with Crippen LogP contribution in [0.15, 0.2) is 24.3 Å². The van der Waals surface area contributed by atoms with Gasteiger partial charge in [0.2, 0.25) is 5.91 Å². The molecule has 4 nitrogen and oxygen atoms in total. The van der Waals surface area contributed by atoms with E-state index in [1.165, 1.54) is 6.42 Å². The van der Waals surface area contributed by atoms with E-state index >= 15 is 0 Å². The molecule has 0 aliphatic carbocycles. The molecule has 1 heterocycles. The highest BCUT2D eigenvalue weighted by Crippen LogP contribution is 2.26. The quantitative estimate of drug-likeness (QED) is 0.929. The Morgan fingerprint density at radius 3 is 2.81 bits per heavy atom. The summed E-state index contributed by atoms with van der Waals surface area (Å²) >= 11 is 0. The summed E-state index contributed by atoms with van der Waals surface area (Å²) in [6.07, 6.45) is 1.22. The van der Waals surface area contributed by atoms with E-state index in [0.717, 1.165) is 6.54 Å². The molecule has 112 valence electrons. The van der Waals surface area contributed by atoms with E-state index in [0.29, 0.717) is 35.7 Å². The molecule has 1 aliphatic rings. The van der Waals surface area contributed by atoms with E-state index in [9.17, 15) is 4.79 Å². The third kappa shape index (κ3) is 3.83. The van der Waals surface area contributed by atoms with Crippen molar-refractivity contribution in [2.75, 3.05) is 18.4 Å². The molecule has 0 aromatic heterocycles. The fourth-order valence-electron chi connectivity index (χ4n) is 3.10. The van der Waals surface area contributed by atoms with Crippen molar-refractivity contribution in [2.24, 2.45) is 11.8 Å². The van der Waals surface area contributed by atoms with Crippen molar-refractivity contribution >= 4 is 11.6 Å². The minimum absolute atomic E-state index is 0.0501. The van der Waals surface area contributed by atoms with Crippen molar-refractivity contribution in [3.63, 3.8) is 0 Å². The Balaban J connectivity index is 2.00. The number of piperidine rings is 1. The fourth-order valence-corrected chi connectivity index (χ4v) is 3.10. The Labute approximate surface area is 126 Å². The van der Waals surface area contributed by atoms with Crippen LogP contribution >= 0.6 is 0 Å². The second-order valence-electron chi connectivity index (χ2n) is 6.19. The summed E-state index contributed by atoms with van der Waals surface area (Å²) < 4.78 is 0. The normalized spacial score (nSPS) is 26.1. The highest BCUT2D eigenvalue weighted by molar-refractivity contribution is 5.93. The third-order valence-corrected chi connectivity index (χ3v) is 4.39. The first kappa shape index (κ1) is 15.5. The summed E-state index contributed by atoms with van der Waals surface area (Å²) in [5.41, 5.74) is 1.09. The zero-order valence-corrected chi connectivity index (χ0v) is 13.0. The van der Waals surface area contributed by atoms with Crippen molar-refractivity contribution in [1.82, 2.24) is 4.90 Å². The largest absolute Gasteiger partial charge is 0.324 e. The van der Waals surface area contributed by atoms with Crippen LogP contribution in [0, 0.1) is 23.2 Å². The highest BCUT2D eigenvalue weighted by atomic mass is 16.2. The van der Waals surface area contributed by atoms with E-state index in [1.54, 1.807) is 18.2 Å². The number of nitrogens with one attached hydrogen (secondary N) is 1. The molecule has 0 bridgehead atoms. The molecular formula is C17H23N3O. The monoisotopic (exact) mass is 285 g/mol. The summed E-state index contributed by atoms with van der Waals surface area (Å²) in [5, 5.41) is 11.9. The maximum atomic E-state index is 12.2. The van der Waals surface area contributed by atoms with Crippen molar-refractivity contribution in [1.29, 1.82) is 5.26 Å². The number of benzene rings is 1. The SMILES string of the molecule is CC1CC(C)C(C)N(CC(=O)Nc2ccccc2C#N)C1. The number of carbonyl (C=O) groups excluding carboxylic acids is 1. The first-order valence-electron chi connectivity index (χ1n) is 7.54. The summed E-state index contributed by atoms with van der Waals surface area (Å²) in [5.74, 6) is 1.18. The molecule has 0 saturated carbocycles. The molecule has 3 unspecified atom stereocenters. The minimum Gasteiger partial charge on any atom is -0.324 e. The van der Waals surface area contributed by atoms with Crippen LogP contribution in [0.3, 0.4) is 0 Å². The Morgan fingerprint density at radius 1 is 1.38 bits per heavy atom. The number of likely N-dealkylation sites (tertiary alicyclic amines) is 1. The number of nitriles is 1. The van der Waals surface area contributed by atoms with Crippen LogP contribution in [0.25, 0.3) is 0 Å². The molecule has 21 heavy (non-hydrogen) atoms. The molecule has 1 saturated heterocycles. The van der Waals surface area contributed by atoms with E-state index in [4.69, 9.17) is 5.26 Å². The van der Waals surface area contributed by atoms with Crippen LogP contribution in [0.2, 0.25) is 0 Å². The zero-order chi connectivity index (χ0) is 15.4. The number of amides is 1. The van der Waals surface area contributed by atoms with Gasteiger partial charge in [-0.1, -0.05) is 26.0 Å². The van der Waals surface area contributed by atoms with E-state index in [1.807, 2.05) is 6.07 Å². The number of rotatable bonds is 3. The number of hydrogen-bond acceptors (Lipinski definition) is 3. The number of para-hydroxylation sites is 1. The molecule has 3 atom stereocenters. The number of nitrogens with zero attached hydrogens (tertiary/aromatic N) is 2. The van der Waals surface area contributed by atoms with Gasteiger partial charge in [0.05, 0.1) is 17.8 Å². The number of carbonyl (C=O) groups is 1. The van der Waals surface area contributed by atoms with Gasteiger partial charge in [0, 0.05) is 12.6 Å². The first-order valence-corrected chi connectivity index (χ1v) is 7.54. The van der Waals surface area contributed by atoms with E-state index < -0.39 is 0 Å². The Hall–Kier alpha value is -1.86. The van der Waals surface area contributed by atoms with E-state index in [-0.39, 0.29) is 5.91 Å². The highest BCUT2D eigenvalue weighted by Gasteiger charge is 2.29. The molecule has 4 heteroatoms. The molecule has 2 rings (SSSR count). The summed E-state index contributed by atoms with van der Waals surface area (Å²) in [4.78, 5) is 14.5. The van der Waals surface area contributed by atoms with Crippen LogP contribution in [-0.2, 0) is 4.79 Å². The van der Waals surface area contributed by atoms with Crippen LogP contribution in [-0.4, -0.2) is 29.9 Å². The molecule has 1 N–H and O–H groups in total. The topological polar surface area (TPSA) is 56.1 Å². The number of hydrogen-bond donors (Lipinski definition) is 1. The molecule has 0 spiro atoms. The summed E-state index contributed by atoms with van der Waals surface area (Å²) in [6, 6.07) is 9.61. The molecule has 1 amide bonds. The fraction of sp³-hybridized carbons (Fsp3) is 0.529. The average Bonchev–Trinajstić information content (AvgIpc) is 2.44. The Kier molecular flexibility index (Phi) is 4.98. The Bertz CT molecular complexity index is 549. The maximum Gasteiger partial charge on any atom is 0.238 e.